The summed E-state index contributed by atoms with van der Waals surface area (Å²) in [6.45, 7) is 11.5. The van der Waals surface area contributed by atoms with E-state index in [1.807, 2.05) is 0 Å². The number of Topliss-reactive ketones (excluding diaryl/α,β-unsaturated/α-hetero) is 1. The van der Waals surface area contributed by atoms with Crippen LogP contribution in [0.2, 0.25) is 0 Å². The van der Waals surface area contributed by atoms with Crippen LogP contribution in [-0.2, 0) is 4.79 Å². The molecule has 0 bridgehead atoms. The lowest BCUT2D eigenvalue weighted by Gasteiger charge is -2.34. The first-order valence-corrected chi connectivity index (χ1v) is 7.97. The van der Waals surface area contributed by atoms with Gasteiger partial charge in [0.05, 0.1) is 6.04 Å². The molecule has 19 heavy (non-hydrogen) atoms. The van der Waals surface area contributed by atoms with Crippen LogP contribution in [0.1, 0.15) is 60.3 Å². The van der Waals surface area contributed by atoms with E-state index in [1.54, 1.807) is 6.92 Å². The lowest BCUT2D eigenvalue weighted by atomic mass is 9.87. The van der Waals surface area contributed by atoms with Crippen molar-refractivity contribution in [1.82, 2.24) is 4.90 Å². The molecule has 4 atom stereocenters. The summed E-state index contributed by atoms with van der Waals surface area (Å²) in [6.07, 6.45) is 4.47. The molecule has 0 amide bonds. The molecule has 0 aromatic rings. The molecule has 2 N–H and O–H groups in total. The van der Waals surface area contributed by atoms with Gasteiger partial charge in [0, 0.05) is 12.1 Å². The van der Waals surface area contributed by atoms with Gasteiger partial charge >= 0.3 is 0 Å². The smallest absolute Gasteiger partial charge is 0.146 e. The molecule has 0 aliphatic carbocycles. The largest absolute Gasteiger partial charge is 0.326 e. The number of rotatable bonds is 7. The molecular weight excluding hydrogens is 236 g/mol. The van der Waals surface area contributed by atoms with E-state index in [1.165, 1.54) is 12.8 Å². The molecule has 112 valence electrons. The van der Waals surface area contributed by atoms with Gasteiger partial charge in [-0.15, -0.1) is 0 Å². The third kappa shape index (κ3) is 3.79. The molecule has 1 aliphatic rings. The summed E-state index contributed by atoms with van der Waals surface area (Å²) in [4.78, 5) is 14.1. The van der Waals surface area contributed by atoms with Crippen LogP contribution in [0, 0.1) is 11.8 Å². The summed E-state index contributed by atoms with van der Waals surface area (Å²) in [7, 11) is 0. The highest BCUT2D eigenvalue weighted by molar-refractivity contribution is 5.81. The zero-order valence-electron chi connectivity index (χ0n) is 13.4. The highest BCUT2D eigenvalue weighted by Gasteiger charge is 2.42. The number of hydrogen-bond donors (Lipinski definition) is 1. The van der Waals surface area contributed by atoms with E-state index in [2.05, 4.69) is 32.6 Å². The van der Waals surface area contributed by atoms with E-state index in [0.717, 1.165) is 25.3 Å². The molecule has 0 radical (unpaired) electrons. The summed E-state index contributed by atoms with van der Waals surface area (Å²) in [6, 6.07) is 0.668. The fourth-order valence-electron chi connectivity index (χ4n) is 3.81. The molecule has 0 spiro atoms. The summed E-state index contributed by atoms with van der Waals surface area (Å²) < 4.78 is 0. The van der Waals surface area contributed by atoms with Gasteiger partial charge in [-0.2, -0.15) is 0 Å². The second kappa shape index (κ2) is 7.39. The van der Waals surface area contributed by atoms with Crippen LogP contribution < -0.4 is 5.73 Å². The molecule has 1 fully saturated rings. The summed E-state index contributed by atoms with van der Waals surface area (Å²) in [5.41, 5.74) is 6.50. The van der Waals surface area contributed by atoms with Crippen molar-refractivity contribution in [3.8, 4) is 0 Å². The Balaban J connectivity index is 2.76. The Morgan fingerprint density at radius 1 is 1.32 bits per heavy atom. The van der Waals surface area contributed by atoms with Crippen molar-refractivity contribution in [2.24, 2.45) is 17.6 Å². The van der Waals surface area contributed by atoms with Crippen LogP contribution in [0.5, 0.6) is 0 Å². The van der Waals surface area contributed by atoms with Gasteiger partial charge in [-0.05, 0) is 38.1 Å². The lowest BCUT2D eigenvalue weighted by molar-refractivity contribution is -0.121. The van der Waals surface area contributed by atoms with Crippen molar-refractivity contribution >= 4 is 5.78 Å². The van der Waals surface area contributed by atoms with Gasteiger partial charge in [-0.1, -0.05) is 40.5 Å². The molecule has 0 saturated carbocycles. The first kappa shape index (κ1) is 16.6. The van der Waals surface area contributed by atoms with Crippen molar-refractivity contribution in [3.63, 3.8) is 0 Å². The number of hydrogen-bond acceptors (Lipinski definition) is 3. The highest BCUT2D eigenvalue weighted by Crippen LogP contribution is 2.33. The third-order valence-corrected chi connectivity index (χ3v) is 4.99. The second-order valence-corrected chi connectivity index (χ2v) is 6.24. The van der Waals surface area contributed by atoms with Crippen LogP contribution in [0.4, 0.5) is 0 Å². The van der Waals surface area contributed by atoms with Gasteiger partial charge in [0.1, 0.15) is 5.78 Å². The monoisotopic (exact) mass is 268 g/mol. The fraction of sp³-hybridized carbons (Fsp3) is 0.938. The Bertz CT molecular complexity index is 288. The number of nitrogens with zero attached hydrogens (tertiary/aromatic N) is 1. The Morgan fingerprint density at radius 3 is 2.32 bits per heavy atom. The van der Waals surface area contributed by atoms with Crippen molar-refractivity contribution in [3.05, 3.63) is 0 Å². The molecule has 3 heteroatoms. The number of nitrogens with two attached hydrogens (primary N) is 1. The molecule has 0 aromatic heterocycles. The van der Waals surface area contributed by atoms with E-state index in [-0.39, 0.29) is 12.1 Å². The lowest BCUT2D eigenvalue weighted by Crippen LogP contribution is -2.50. The van der Waals surface area contributed by atoms with Gasteiger partial charge < -0.3 is 5.73 Å². The molecule has 1 unspecified atom stereocenters. The van der Waals surface area contributed by atoms with E-state index >= 15 is 0 Å². The average Bonchev–Trinajstić information content (AvgIpc) is 2.72. The van der Waals surface area contributed by atoms with Crippen LogP contribution in [0.25, 0.3) is 0 Å². The van der Waals surface area contributed by atoms with Gasteiger partial charge in [-0.3, -0.25) is 9.69 Å². The third-order valence-electron chi connectivity index (χ3n) is 4.99. The minimum absolute atomic E-state index is 0.0951. The van der Waals surface area contributed by atoms with Crippen LogP contribution in [0.3, 0.4) is 0 Å². The zero-order chi connectivity index (χ0) is 14.6. The van der Waals surface area contributed by atoms with Crippen LogP contribution in [-0.4, -0.2) is 35.4 Å². The Kier molecular flexibility index (Phi) is 6.48. The fourth-order valence-corrected chi connectivity index (χ4v) is 3.81. The van der Waals surface area contributed by atoms with Gasteiger partial charge in [0.15, 0.2) is 0 Å². The highest BCUT2D eigenvalue weighted by atomic mass is 16.1. The maximum absolute atomic E-state index is 11.8. The van der Waals surface area contributed by atoms with E-state index in [9.17, 15) is 4.79 Å². The Morgan fingerprint density at radius 2 is 1.89 bits per heavy atom. The standard InChI is InChI=1S/C16H32N2O/c1-6-13(7-2)10-14(17)16-11(4)9-15(12(5)19)18(16)8-3/h11,13-16H,6-10,17H2,1-5H3/t11-,14?,15-,16-/m1/s1. The summed E-state index contributed by atoms with van der Waals surface area (Å²) in [5.74, 6) is 1.54. The van der Waals surface area contributed by atoms with Crippen LogP contribution in [0.15, 0.2) is 0 Å². The minimum atomic E-state index is 0.0951. The topological polar surface area (TPSA) is 46.3 Å². The number of likely N-dealkylation sites (tertiary alicyclic amines) is 1. The first-order valence-electron chi connectivity index (χ1n) is 7.97. The Labute approximate surface area is 118 Å². The van der Waals surface area contributed by atoms with E-state index < -0.39 is 0 Å². The minimum Gasteiger partial charge on any atom is -0.326 e. The van der Waals surface area contributed by atoms with Gasteiger partial charge in [0.25, 0.3) is 0 Å². The molecule has 1 heterocycles. The maximum atomic E-state index is 11.8. The van der Waals surface area contributed by atoms with E-state index in [4.69, 9.17) is 5.73 Å². The van der Waals surface area contributed by atoms with Crippen LogP contribution >= 0.6 is 0 Å². The molecular formula is C16H32N2O. The van der Waals surface area contributed by atoms with Crippen molar-refractivity contribution in [2.75, 3.05) is 6.54 Å². The van der Waals surface area contributed by atoms with Crippen molar-refractivity contribution in [2.45, 2.75) is 78.4 Å². The molecule has 1 aliphatic heterocycles. The number of likely N-dealkylation sites (N-methyl/N-ethyl adjacent to an activating group) is 1. The summed E-state index contributed by atoms with van der Waals surface area (Å²) in [5, 5.41) is 0. The quantitative estimate of drug-likeness (QED) is 0.772. The number of carbonyl (C=O) groups excluding carboxylic acids is 1. The number of ketones is 1. The van der Waals surface area contributed by atoms with Gasteiger partial charge in [-0.25, -0.2) is 0 Å². The second-order valence-electron chi connectivity index (χ2n) is 6.24. The van der Waals surface area contributed by atoms with Crippen molar-refractivity contribution in [1.29, 1.82) is 0 Å². The molecule has 1 saturated heterocycles. The predicted molar refractivity (Wildman–Crippen MR) is 81.1 cm³/mol. The predicted octanol–water partition coefficient (Wildman–Crippen LogP) is 2.83. The zero-order valence-corrected chi connectivity index (χ0v) is 13.4. The normalized spacial score (nSPS) is 29.9. The molecule has 3 nitrogen and oxygen atoms in total. The Hall–Kier alpha value is -0.410. The molecule has 0 aromatic carbocycles. The van der Waals surface area contributed by atoms with E-state index in [0.29, 0.717) is 17.7 Å². The average molecular weight is 268 g/mol. The van der Waals surface area contributed by atoms with Gasteiger partial charge in [0.2, 0.25) is 0 Å². The molecule has 1 rings (SSSR count). The number of carbonyl (C=O) groups is 1. The van der Waals surface area contributed by atoms with Crippen molar-refractivity contribution < 1.29 is 4.79 Å². The first-order chi connectivity index (χ1) is 8.96. The maximum Gasteiger partial charge on any atom is 0.146 e. The SMILES string of the molecule is CCC(CC)CC(N)[C@H]1[C@H](C)C[C@H](C(C)=O)N1CC. The summed E-state index contributed by atoms with van der Waals surface area (Å²) >= 11 is 0.